The Balaban J connectivity index is 2.13. The number of rotatable bonds is 8. The highest BCUT2D eigenvalue weighted by atomic mass is 32.2. The summed E-state index contributed by atoms with van der Waals surface area (Å²) in [6.45, 7) is 8.91. The van der Waals surface area contributed by atoms with Crippen LogP contribution in [0.4, 0.5) is 0 Å². The molecule has 0 aliphatic rings. The molecule has 0 aliphatic carbocycles. The van der Waals surface area contributed by atoms with Crippen molar-refractivity contribution in [2.45, 2.75) is 33.7 Å². The molecule has 112 valence electrons. The summed E-state index contributed by atoms with van der Waals surface area (Å²) in [7, 11) is 0. The molecule has 1 rings (SSSR count). The Morgan fingerprint density at radius 3 is 2.65 bits per heavy atom. The smallest absolute Gasteiger partial charge is 0.230 e. The van der Waals surface area contributed by atoms with Crippen molar-refractivity contribution in [2.24, 2.45) is 5.92 Å². The third kappa shape index (κ3) is 6.33. The second-order valence-electron chi connectivity index (χ2n) is 5.27. The molecule has 4 heteroatoms. The highest BCUT2D eigenvalue weighted by molar-refractivity contribution is 7.99. The van der Waals surface area contributed by atoms with Crippen LogP contribution in [-0.2, 0) is 4.79 Å². The van der Waals surface area contributed by atoms with E-state index in [9.17, 15) is 4.79 Å². The molecule has 3 nitrogen and oxygen atoms in total. The molecule has 1 N–H and O–H groups in total. The van der Waals surface area contributed by atoms with E-state index in [1.807, 2.05) is 38.1 Å². The zero-order chi connectivity index (χ0) is 15.0. The van der Waals surface area contributed by atoms with E-state index >= 15 is 0 Å². The lowest BCUT2D eigenvalue weighted by molar-refractivity contribution is -0.119. The first-order valence-corrected chi connectivity index (χ1v) is 8.21. The van der Waals surface area contributed by atoms with Gasteiger partial charge in [0.2, 0.25) is 5.91 Å². The minimum atomic E-state index is 0.104. The van der Waals surface area contributed by atoms with Gasteiger partial charge in [-0.2, -0.15) is 0 Å². The lowest BCUT2D eigenvalue weighted by Crippen LogP contribution is -2.37. The predicted octanol–water partition coefficient (Wildman–Crippen LogP) is 3.27. The molecule has 1 aromatic carbocycles. The Labute approximate surface area is 126 Å². The van der Waals surface area contributed by atoms with Crippen molar-refractivity contribution in [1.29, 1.82) is 0 Å². The van der Waals surface area contributed by atoms with Gasteiger partial charge in [-0.15, -0.1) is 11.8 Å². The third-order valence-electron chi connectivity index (χ3n) is 3.20. The van der Waals surface area contributed by atoms with Gasteiger partial charge in [-0.3, -0.25) is 4.79 Å². The highest BCUT2D eigenvalue weighted by Gasteiger charge is 2.10. The molecule has 1 aromatic rings. The number of aryl methyl sites for hydroxylation is 1. The van der Waals surface area contributed by atoms with Crippen molar-refractivity contribution in [3.63, 3.8) is 0 Å². The standard InChI is InChI=1S/C16H25NO2S/c1-12(2)14(4)17-16(18)11-20-10-9-19-15-8-6-5-7-13(15)3/h5-8,12,14H,9-11H2,1-4H3,(H,17,18). The summed E-state index contributed by atoms with van der Waals surface area (Å²) >= 11 is 1.60. The molecule has 0 aromatic heterocycles. The van der Waals surface area contributed by atoms with Gasteiger partial charge in [-0.1, -0.05) is 32.0 Å². The van der Waals surface area contributed by atoms with E-state index in [1.165, 1.54) is 0 Å². The van der Waals surface area contributed by atoms with Crippen LogP contribution < -0.4 is 10.1 Å². The Kier molecular flexibility index (Phi) is 7.52. The van der Waals surface area contributed by atoms with Crippen molar-refractivity contribution in [3.8, 4) is 5.75 Å². The molecular formula is C16H25NO2S. The normalized spacial score (nSPS) is 12.2. The topological polar surface area (TPSA) is 38.3 Å². The van der Waals surface area contributed by atoms with Crippen LogP contribution in [0.2, 0.25) is 0 Å². The van der Waals surface area contributed by atoms with Crippen LogP contribution in [0.3, 0.4) is 0 Å². The summed E-state index contributed by atoms with van der Waals surface area (Å²) in [4.78, 5) is 11.7. The molecule has 1 amide bonds. The Morgan fingerprint density at radius 1 is 1.30 bits per heavy atom. The second-order valence-corrected chi connectivity index (χ2v) is 6.37. The summed E-state index contributed by atoms with van der Waals surface area (Å²) in [5.41, 5.74) is 1.14. The second kappa shape index (κ2) is 8.90. The van der Waals surface area contributed by atoms with Crippen LogP contribution in [0, 0.1) is 12.8 Å². The molecule has 0 saturated heterocycles. The first-order chi connectivity index (χ1) is 9.50. The first-order valence-electron chi connectivity index (χ1n) is 7.06. The third-order valence-corrected chi connectivity index (χ3v) is 4.12. The Hall–Kier alpha value is -1.16. The SMILES string of the molecule is Cc1ccccc1OCCSCC(=O)NC(C)C(C)C. The van der Waals surface area contributed by atoms with Crippen molar-refractivity contribution in [2.75, 3.05) is 18.1 Å². The Bertz CT molecular complexity index is 421. The number of benzene rings is 1. The van der Waals surface area contributed by atoms with Gasteiger partial charge in [0.05, 0.1) is 12.4 Å². The predicted molar refractivity (Wildman–Crippen MR) is 86.4 cm³/mol. The summed E-state index contributed by atoms with van der Waals surface area (Å²) in [5, 5.41) is 3.00. The van der Waals surface area contributed by atoms with Gasteiger partial charge in [0.25, 0.3) is 0 Å². The van der Waals surface area contributed by atoms with Crippen LogP contribution in [0.25, 0.3) is 0 Å². The van der Waals surface area contributed by atoms with Gasteiger partial charge in [0, 0.05) is 11.8 Å². The van der Waals surface area contributed by atoms with Crippen LogP contribution in [0.1, 0.15) is 26.3 Å². The van der Waals surface area contributed by atoms with E-state index < -0.39 is 0 Å². The van der Waals surface area contributed by atoms with Gasteiger partial charge in [-0.25, -0.2) is 0 Å². The van der Waals surface area contributed by atoms with Gasteiger partial charge >= 0.3 is 0 Å². The van der Waals surface area contributed by atoms with Crippen LogP contribution in [0.5, 0.6) is 5.75 Å². The van der Waals surface area contributed by atoms with Gasteiger partial charge in [-0.05, 0) is 31.4 Å². The number of ether oxygens (including phenoxy) is 1. The fourth-order valence-corrected chi connectivity index (χ4v) is 2.17. The van der Waals surface area contributed by atoms with E-state index in [2.05, 4.69) is 19.2 Å². The van der Waals surface area contributed by atoms with Crippen molar-refractivity contribution < 1.29 is 9.53 Å². The fourth-order valence-electron chi connectivity index (χ4n) is 1.56. The summed E-state index contributed by atoms with van der Waals surface area (Å²) < 4.78 is 5.69. The summed E-state index contributed by atoms with van der Waals surface area (Å²) in [6, 6.07) is 8.19. The molecule has 0 aliphatic heterocycles. The van der Waals surface area contributed by atoms with Crippen LogP contribution in [0.15, 0.2) is 24.3 Å². The largest absolute Gasteiger partial charge is 0.492 e. The molecule has 0 spiro atoms. The number of hydrogen-bond donors (Lipinski definition) is 1. The molecule has 20 heavy (non-hydrogen) atoms. The minimum absolute atomic E-state index is 0.104. The lowest BCUT2D eigenvalue weighted by atomic mass is 10.1. The molecule has 1 atom stereocenters. The van der Waals surface area contributed by atoms with Gasteiger partial charge in [0.1, 0.15) is 5.75 Å². The number of nitrogens with one attached hydrogen (secondary N) is 1. The van der Waals surface area contributed by atoms with E-state index in [4.69, 9.17) is 4.74 Å². The molecule has 0 bridgehead atoms. The van der Waals surface area contributed by atoms with Gasteiger partial charge in [0.15, 0.2) is 0 Å². The highest BCUT2D eigenvalue weighted by Crippen LogP contribution is 2.16. The summed E-state index contributed by atoms with van der Waals surface area (Å²) in [6.07, 6.45) is 0. The minimum Gasteiger partial charge on any atom is -0.492 e. The Morgan fingerprint density at radius 2 is 2.00 bits per heavy atom. The molecule has 0 heterocycles. The average Bonchev–Trinajstić information content (AvgIpc) is 2.40. The number of thioether (sulfide) groups is 1. The molecule has 0 radical (unpaired) electrons. The van der Waals surface area contributed by atoms with Crippen LogP contribution >= 0.6 is 11.8 Å². The number of carbonyl (C=O) groups excluding carboxylic acids is 1. The average molecular weight is 295 g/mol. The zero-order valence-electron chi connectivity index (χ0n) is 12.8. The van der Waals surface area contributed by atoms with Crippen LogP contribution in [-0.4, -0.2) is 30.1 Å². The quantitative estimate of drug-likeness (QED) is 0.748. The molecule has 0 saturated carbocycles. The number of hydrogen-bond acceptors (Lipinski definition) is 3. The molecule has 0 fully saturated rings. The van der Waals surface area contributed by atoms with E-state index in [0.717, 1.165) is 17.1 Å². The number of para-hydroxylation sites is 1. The maximum absolute atomic E-state index is 11.7. The maximum Gasteiger partial charge on any atom is 0.230 e. The number of carbonyl (C=O) groups is 1. The van der Waals surface area contributed by atoms with E-state index in [1.54, 1.807) is 11.8 Å². The lowest BCUT2D eigenvalue weighted by Gasteiger charge is -2.17. The van der Waals surface area contributed by atoms with Crippen molar-refractivity contribution in [3.05, 3.63) is 29.8 Å². The van der Waals surface area contributed by atoms with E-state index in [0.29, 0.717) is 18.3 Å². The summed E-state index contributed by atoms with van der Waals surface area (Å²) in [5.74, 6) is 2.80. The molecular weight excluding hydrogens is 270 g/mol. The zero-order valence-corrected chi connectivity index (χ0v) is 13.6. The first kappa shape index (κ1) is 16.9. The monoisotopic (exact) mass is 295 g/mol. The fraction of sp³-hybridized carbons (Fsp3) is 0.562. The number of amides is 1. The van der Waals surface area contributed by atoms with E-state index in [-0.39, 0.29) is 11.9 Å². The van der Waals surface area contributed by atoms with Gasteiger partial charge < -0.3 is 10.1 Å². The maximum atomic E-state index is 11.7. The van der Waals surface area contributed by atoms with Crippen molar-refractivity contribution in [1.82, 2.24) is 5.32 Å². The molecule has 1 unspecified atom stereocenters. The van der Waals surface area contributed by atoms with Crippen molar-refractivity contribution >= 4 is 17.7 Å².